The zero-order valence-corrected chi connectivity index (χ0v) is 13.3. The molecule has 0 heterocycles. The van der Waals surface area contributed by atoms with Crippen LogP contribution in [0.3, 0.4) is 0 Å². The molecule has 7 heteroatoms. The van der Waals surface area contributed by atoms with Gasteiger partial charge in [0.15, 0.2) is 0 Å². The molecule has 0 spiro atoms. The second-order valence-corrected chi connectivity index (χ2v) is 7.06. The highest BCUT2D eigenvalue weighted by molar-refractivity contribution is 7.88. The molecule has 0 atom stereocenters. The number of unbranched alkanes of at least 4 members (excludes halogenated alkanes) is 2. The lowest BCUT2D eigenvalue weighted by Gasteiger charge is -2.11. The number of hydrogen-bond donors (Lipinski definition) is 2. The number of nitrogens with one attached hydrogen (secondary N) is 1. The molecular formula is C14H23N3O3S. The predicted molar refractivity (Wildman–Crippen MR) is 85.8 cm³/mol. The summed E-state index contributed by atoms with van der Waals surface area (Å²) in [5.74, 6) is -0.00922. The second-order valence-electron chi connectivity index (χ2n) is 4.88. The number of aliphatic hydroxyl groups excluding tert-OH is 1. The second kappa shape index (κ2) is 8.76. The molecular weight excluding hydrogens is 290 g/mol. The molecule has 0 amide bonds. The topological polar surface area (TPSA) is 82.0 Å². The van der Waals surface area contributed by atoms with Crippen molar-refractivity contribution in [1.29, 1.82) is 0 Å². The molecule has 0 aliphatic carbocycles. The van der Waals surface area contributed by atoms with Crippen molar-refractivity contribution in [2.75, 3.05) is 26.1 Å². The van der Waals surface area contributed by atoms with Crippen molar-refractivity contribution in [3.8, 4) is 0 Å². The van der Waals surface area contributed by atoms with Crippen LogP contribution in [0.2, 0.25) is 0 Å². The van der Waals surface area contributed by atoms with Crippen LogP contribution in [0, 0.1) is 0 Å². The Bertz CT molecular complexity index is 539. The van der Waals surface area contributed by atoms with Crippen LogP contribution in [0.25, 0.3) is 0 Å². The van der Waals surface area contributed by atoms with Crippen molar-refractivity contribution in [2.24, 2.45) is 5.10 Å². The molecule has 1 aromatic rings. The standard InChI is InChI=1S/C14H23N3O3S/c1-17(2)21(19,20)12-13-6-8-14(9-7-13)16-15-10-4-3-5-11-18/h6-10,16,18H,3-5,11-12H2,1-2H3. The lowest BCUT2D eigenvalue weighted by Crippen LogP contribution is -2.23. The van der Waals surface area contributed by atoms with Crippen molar-refractivity contribution in [2.45, 2.75) is 25.0 Å². The van der Waals surface area contributed by atoms with E-state index in [9.17, 15) is 8.42 Å². The van der Waals surface area contributed by atoms with Crippen LogP contribution in [-0.4, -0.2) is 44.7 Å². The van der Waals surface area contributed by atoms with Gasteiger partial charge < -0.3 is 5.11 Å². The fourth-order valence-corrected chi connectivity index (χ4v) is 2.42. The smallest absolute Gasteiger partial charge is 0.217 e. The molecule has 0 saturated carbocycles. The van der Waals surface area contributed by atoms with Gasteiger partial charge in [0.1, 0.15) is 0 Å². The SMILES string of the molecule is CN(C)S(=O)(=O)Cc1ccc(NN=CCCCCO)cc1. The third-order valence-electron chi connectivity index (χ3n) is 2.89. The molecule has 0 saturated heterocycles. The Hall–Kier alpha value is -1.44. The Kier molecular flexibility index (Phi) is 7.35. The highest BCUT2D eigenvalue weighted by Crippen LogP contribution is 2.13. The first-order chi connectivity index (χ1) is 9.95. The van der Waals surface area contributed by atoms with Gasteiger partial charge in [-0.05, 0) is 37.0 Å². The molecule has 2 N–H and O–H groups in total. The molecule has 118 valence electrons. The Morgan fingerprint density at radius 1 is 1.24 bits per heavy atom. The average Bonchev–Trinajstić information content (AvgIpc) is 2.44. The van der Waals surface area contributed by atoms with Crippen LogP contribution in [0.1, 0.15) is 24.8 Å². The average molecular weight is 313 g/mol. The summed E-state index contributed by atoms with van der Waals surface area (Å²) in [5, 5.41) is 12.7. The lowest BCUT2D eigenvalue weighted by atomic mass is 10.2. The maximum absolute atomic E-state index is 11.8. The maximum Gasteiger partial charge on any atom is 0.217 e. The number of hydrazone groups is 1. The summed E-state index contributed by atoms with van der Waals surface area (Å²) in [6, 6.07) is 7.13. The molecule has 0 aliphatic heterocycles. The molecule has 1 rings (SSSR count). The predicted octanol–water partition coefficient (Wildman–Crippen LogP) is 1.64. The number of anilines is 1. The number of rotatable bonds is 9. The van der Waals surface area contributed by atoms with Crippen molar-refractivity contribution in [3.63, 3.8) is 0 Å². The minimum absolute atomic E-state index is 0.00922. The molecule has 0 fully saturated rings. The van der Waals surface area contributed by atoms with E-state index in [1.807, 2.05) is 0 Å². The fourth-order valence-electron chi connectivity index (χ4n) is 1.55. The molecule has 0 radical (unpaired) electrons. The third-order valence-corrected chi connectivity index (χ3v) is 4.70. The summed E-state index contributed by atoms with van der Waals surface area (Å²) in [5.41, 5.74) is 4.42. The summed E-state index contributed by atoms with van der Waals surface area (Å²) < 4.78 is 24.7. The lowest BCUT2D eigenvalue weighted by molar-refractivity contribution is 0.286. The van der Waals surface area contributed by atoms with Gasteiger partial charge in [0.2, 0.25) is 10.0 Å². The summed E-state index contributed by atoms with van der Waals surface area (Å²) in [4.78, 5) is 0. The molecule has 0 bridgehead atoms. The van der Waals surface area contributed by atoms with E-state index in [4.69, 9.17) is 5.11 Å². The Morgan fingerprint density at radius 3 is 2.48 bits per heavy atom. The third kappa shape index (κ3) is 6.70. The van der Waals surface area contributed by atoms with E-state index in [0.29, 0.717) is 0 Å². The minimum Gasteiger partial charge on any atom is -0.396 e. The molecule has 21 heavy (non-hydrogen) atoms. The van der Waals surface area contributed by atoms with Crippen LogP contribution < -0.4 is 5.43 Å². The quantitative estimate of drug-likeness (QED) is 0.412. The largest absolute Gasteiger partial charge is 0.396 e. The van der Waals surface area contributed by atoms with Gasteiger partial charge in [0.25, 0.3) is 0 Å². The van der Waals surface area contributed by atoms with Gasteiger partial charge in [-0.25, -0.2) is 12.7 Å². The monoisotopic (exact) mass is 313 g/mol. The van der Waals surface area contributed by atoms with Crippen LogP contribution in [-0.2, 0) is 15.8 Å². The Morgan fingerprint density at radius 2 is 1.90 bits per heavy atom. The van der Waals surface area contributed by atoms with E-state index < -0.39 is 10.0 Å². The Labute approximate surface area is 126 Å². The minimum atomic E-state index is -3.23. The van der Waals surface area contributed by atoms with E-state index in [2.05, 4.69) is 10.5 Å². The van der Waals surface area contributed by atoms with Crippen molar-refractivity contribution >= 4 is 21.9 Å². The van der Waals surface area contributed by atoms with Gasteiger partial charge in [-0.1, -0.05) is 12.1 Å². The first-order valence-corrected chi connectivity index (χ1v) is 8.44. The number of sulfonamides is 1. The van der Waals surface area contributed by atoms with Crippen LogP contribution >= 0.6 is 0 Å². The van der Waals surface area contributed by atoms with Gasteiger partial charge in [-0.3, -0.25) is 5.43 Å². The van der Waals surface area contributed by atoms with Gasteiger partial charge >= 0.3 is 0 Å². The van der Waals surface area contributed by atoms with Gasteiger partial charge in [0, 0.05) is 26.9 Å². The summed E-state index contributed by atoms with van der Waals surface area (Å²) in [6.07, 6.45) is 4.26. The van der Waals surface area contributed by atoms with Gasteiger partial charge in [0.05, 0.1) is 11.4 Å². The van der Waals surface area contributed by atoms with Crippen LogP contribution in [0.4, 0.5) is 5.69 Å². The van der Waals surface area contributed by atoms with Gasteiger partial charge in [-0.2, -0.15) is 5.10 Å². The van der Waals surface area contributed by atoms with E-state index in [0.717, 1.165) is 30.5 Å². The molecule has 0 unspecified atom stereocenters. The van der Waals surface area contributed by atoms with Crippen LogP contribution in [0.5, 0.6) is 0 Å². The number of hydrogen-bond acceptors (Lipinski definition) is 5. The van der Waals surface area contributed by atoms with E-state index in [1.54, 1.807) is 30.5 Å². The first kappa shape index (κ1) is 17.6. The van der Waals surface area contributed by atoms with Gasteiger partial charge in [-0.15, -0.1) is 0 Å². The summed E-state index contributed by atoms with van der Waals surface area (Å²) >= 11 is 0. The Balaban J connectivity index is 2.47. The van der Waals surface area contributed by atoms with E-state index in [1.165, 1.54) is 18.4 Å². The zero-order chi connectivity index (χ0) is 15.7. The van der Waals surface area contributed by atoms with Crippen molar-refractivity contribution < 1.29 is 13.5 Å². The highest BCUT2D eigenvalue weighted by Gasteiger charge is 2.14. The molecule has 6 nitrogen and oxygen atoms in total. The molecule has 1 aromatic carbocycles. The number of aliphatic hydroxyl groups is 1. The number of benzene rings is 1. The van der Waals surface area contributed by atoms with Crippen molar-refractivity contribution in [3.05, 3.63) is 29.8 Å². The normalized spacial score (nSPS) is 12.2. The van der Waals surface area contributed by atoms with Crippen LogP contribution in [0.15, 0.2) is 29.4 Å². The fraction of sp³-hybridized carbons (Fsp3) is 0.500. The zero-order valence-electron chi connectivity index (χ0n) is 12.5. The maximum atomic E-state index is 11.8. The first-order valence-electron chi connectivity index (χ1n) is 6.83. The summed E-state index contributed by atoms with van der Waals surface area (Å²) in [7, 11) is -0.182. The molecule has 0 aliphatic rings. The van der Waals surface area contributed by atoms with E-state index >= 15 is 0 Å². The van der Waals surface area contributed by atoms with E-state index in [-0.39, 0.29) is 12.4 Å². The highest BCUT2D eigenvalue weighted by atomic mass is 32.2. The van der Waals surface area contributed by atoms with Crippen molar-refractivity contribution in [1.82, 2.24) is 4.31 Å². The number of nitrogens with zero attached hydrogens (tertiary/aromatic N) is 2. The summed E-state index contributed by atoms with van der Waals surface area (Å²) in [6.45, 7) is 0.207. The molecule has 0 aromatic heterocycles.